The Balaban J connectivity index is 1.76. The third kappa shape index (κ3) is 6.22. The van der Waals surface area contributed by atoms with Gasteiger partial charge in [0.1, 0.15) is 9.88 Å². The fraction of sp³-hybridized carbons (Fsp3) is 0.471. The van der Waals surface area contributed by atoms with Crippen molar-refractivity contribution in [1.82, 2.24) is 10.3 Å². The third-order valence-corrected chi connectivity index (χ3v) is 5.32. The van der Waals surface area contributed by atoms with Crippen LogP contribution in [0.2, 0.25) is 0 Å². The molecule has 1 amide bonds. The Kier molecular flexibility index (Phi) is 7.54. The molecule has 2 aromatic heterocycles. The van der Waals surface area contributed by atoms with Crippen molar-refractivity contribution in [2.24, 2.45) is 0 Å². The van der Waals surface area contributed by atoms with Gasteiger partial charge in [0.2, 0.25) is 0 Å². The van der Waals surface area contributed by atoms with E-state index in [1.807, 2.05) is 31.4 Å². The van der Waals surface area contributed by atoms with Gasteiger partial charge in [0.05, 0.1) is 16.7 Å². The SMILES string of the molecule is Cc1nc(-c2cccs2)sc1C(=O)OCC(=O)NCCCOC(C)C. The van der Waals surface area contributed by atoms with E-state index in [1.165, 1.54) is 11.3 Å². The lowest BCUT2D eigenvalue weighted by Gasteiger charge is -2.08. The molecular formula is C17H22N2O4S2. The fourth-order valence-corrected chi connectivity index (χ4v) is 3.71. The van der Waals surface area contributed by atoms with Gasteiger partial charge in [0.15, 0.2) is 6.61 Å². The monoisotopic (exact) mass is 382 g/mol. The summed E-state index contributed by atoms with van der Waals surface area (Å²) in [5.74, 6) is -0.838. The molecule has 0 saturated carbocycles. The van der Waals surface area contributed by atoms with E-state index in [2.05, 4.69) is 10.3 Å². The van der Waals surface area contributed by atoms with Crippen molar-refractivity contribution in [3.05, 3.63) is 28.1 Å². The molecule has 2 heterocycles. The number of thiophene rings is 1. The Morgan fingerprint density at radius 2 is 2.16 bits per heavy atom. The first-order valence-corrected chi connectivity index (χ1v) is 9.73. The molecule has 1 N–H and O–H groups in total. The van der Waals surface area contributed by atoms with E-state index in [4.69, 9.17) is 9.47 Å². The number of carbonyl (C=O) groups is 2. The summed E-state index contributed by atoms with van der Waals surface area (Å²) in [7, 11) is 0. The summed E-state index contributed by atoms with van der Waals surface area (Å²) in [6, 6.07) is 3.89. The molecular weight excluding hydrogens is 360 g/mol. The molecule has 0 unspecified atom stereocenters. The van der Waals surface area contributed by atoms with E-state index in [1.54, 1.807) is 18.3 Å². The van der Waals surface area contributed by atoms with Gasteiger partial charge in [0.25, 0.3) is 5.91 Å². The Labute approximate surface area is 155 Å². The summed E-state index contributed by atoms with van der Waals surface area (Å²) in [5, 5.41) is 5.44. The van der Waals surface area contributed by atoms with Crippen LogP contribution in [0.5, 0.6) is 0 Å². The van der Waals surface area contributed by atoms with Crippen LogP contribution in [0, 0.1) is 6.92 Å². The number of ether oxygens (including phenoxy) is 2. The van der Waals surface area contributed by atoms with Crippen LogP contribution in [-0.4, -0.2) is 42.7 Å². The fourth-order valence-electron chi connectivity index (χ4n) is 1.96. The van der Waals surface area contributed by atoms with Gasteiger partial charge >= 0.3 is 5.97 Å². The summed E-state index contributed by atoms with van der Waals surface area (Å²) < 4.78 is 10.5. The molecule has 25 heavy (non-hydrogen) atoms. The van der Waals surface area contributed by atoms with Crippen molar-refractivity contribution < 1.29 is 19.1 Å². The topological polar surface area (TPSA) is 77.5 Å². The van der Waals surface area contributed by atoms with Crippen molar-refractivity contribution >= 4 is 34.6 Å². The summed E-state index contributed by atoms with van der Waals surface area (Å²) in [5.41, 5.74) is 0.615. The Bertz CT molecular complexity index is 696. The van der Waals surface area contributed by atoms with Gasteiger partial charge in [-0.05, 0) is 38.6 Å². The number of carbonyl (C=O) groups excluding carboxylic acids is 2. The number of nitrogens with one attached hydrogen (secondary N) is 1. The molecule has 0 saturated heterocycles. The molecule has 0 atom stereocenters. The van der Waals surface area contributed by atoms with Crippen LogP contribution in [0.15, 0.2) is 17.5 Å². The molecule has 136 valence electrons. The van der Waals surface area contributed by atoms with Crippen molar-refractivity contribution in [2.75, 3.05) is 19.8 Å². The maximum absolute atomic E-state index is 12.2. The first-order chi connectivity index (χ1) is 12.0. The molecule has 0 aromatic carbocycles. The van der Waals surface area contributed by atoms with Gasteiger partial charge in [-0.2, -0.15) is 0 Å². The lowest BCUT2D eigenvalue weighted by atomic mass is 10.4. The molecule has 2 aromatic rings. The molecule has 6 nitrogen and oxygen atoms in total. The standard InChI is InChI=1S/C17H22N2O4S2/c1-11(2)22-8-5-7-18-14(20)10-23-17(21)15-12(3)19-16(25-15)13-6-4-9-24-13/h4,6,9,11H,5,7-8,10H2,1-3H3,(H,18,20). The normalized spacial score (nSPS) is 10.9. The molecule has 0 aliphatic carbocycles. The second-order valence-electron chi connectivity index (χ2n) is 5.61. The molecule has 2 rings (SSSR count). The molecule has 0 aliphatic heterocycles. The Morgan fingerprint density at radius 3 is 2.84 bits per heavy atom. The number of aryl methyl sites for hydroxylation is 1. The molecule has 0 aliphatic rings. The summed E-state index contributed by atoms with van der Waals surface area (Å²) in [6.45, 7) is 6.47. The van der Waals surface area contributed by atoms with Crippen LogP contribution in [0.1, 0.15) is 35.6 Å². The van der Waals surface area contributed by atoms with Crippen molar-refractivity contribution in [1.29, 1.82) is 0 Å². The average Bonchev–Trinajstić information content (AvgIpc) is 3.21. The van der Waals surface area contributed by atoms with Crippen molar-refractivity contribution in [3.8, 4) is 9.88 Å². The number of nitrogens with zero attached hydrogens (tertiary/aromatic N) is 1. The predicted octanol–water partition coefficient (Wildman–Crippen LogP) is 3.27. The minimum atomic E-state index is -0.518. The number of rotatable bonds is 9. The first kappa shape index (κ1) is 19.6. The lowest BCUT2D eigenvalue weighted by Crippen LogP contribution is -2.30. The summed E-state index contributed by atoms with van der Waals surface area (Å²) >= 11 is 2.84. The van der Waals surface area contributed by atoms with Crippen LogP contribution in [0.25, 0.3) is 9.88 Å². The minimum Gasteiger partial charge on any atom is -0.451 e. The predicted molar refractivity (Wildman–Crippen MR) is 99.2 cm³/mol. The van der Waals surface area contributed by atoms with Crippen molar-refractivity contribution in [3.63, 3.8) is 0 Å². The molecule has 8 heteroatoms. The molecule has 0 bridgehead atoms. The number of aromatic nitrogens is 1. The third-order valence-electron chi connectivity index (χ3n) is 3.14. The second-order valence-corrected chi connectivity index (χ2v) is 7.56. The van der Waals surface area contributed by atoms with Crippen molar-refractivity contribution in [2.45, 2.75) is 33.3 Å². The van der Waals surface area contributed by atoms with Crippen LogP contribution >= 0.6 is 22.7 Å². The molecule has 0 fully saturated rings. The van der Waals surface area contributed by atoms with Gasteiger partial charge < -0.3 is 14.8 Å². The number of thiazole rings is 1. The minimum absolute atomic E-state index is 0.179. The number of esters is 1. The first-order valence-electron chi connectivity index (χ1n) is 8.04. The lowest BCUT2D eigenvalue weighted by molar-refractivity contribution is -0.124. The highest BCUT2D eigenvalue weighted by Crippen LogP contribution is 2.31. The zero-order valence-electron chi connectivity index (χ0n) is 14.5. The van der Waals surface area contributed by atoms with Gasteiger partial charge in [0, 0.05) is 13.2 Å². The average molecular weight is 383 g/mol. The number of amides is 1. The Hall–Kier alpha value is -1.77. The van der Waals surface area contributed by atoms with E-state index in [9.17, 15) is 9.59 Å². The zero-order valence-corrected chi connectivity index (χ0v) is 16.2. The van der Waals surface area contributed by atoms with Crippen LogP contribution in [0.4, 0.5) is 0 Å². The summed E-state index contributed by atoms with van der Waals surface area (Å²) in [4.78, 5) is 29.7. The summed E-state index contributed by atoms with van der Waals surface area (Å²) in [6.07, 6.45) is 0.897. The zero-order chi connectivity index (χ0) is 18.2. The van der Waals surface area contributed by atoms with E-state index in [-0.39, 0.29) is 18.6 Å². The van der Waals surface area contributed by atoms with Crippen LogP contribution < -0.4 is 5.32 Å². The van der Waals surface area contributed by atoms with E-state index >= 15 is 0 Å². The van der Waals surface area contributed by atoms with E-state index in [0.29, 0.717) is 23.7 Å². The van der Waals surface area contributed by atoms with Gasteiger partial charge in [-0.15, -0.1) is 22.7 Å². The number of hydrogen-bond acceptors (Lipinski definition) is 7. The second kappa shape index (κ2) is 9.65. The van der Waals surface area contributed by atoms with E-state index in [0.717, 1.165) is 16.3 Å². The van der Waals surface area contributed by atoms with E-state index < -0.39 is 5.97 Å². The largest absolute Gasteiger partial charge is 0.451 e. The van der Waals surface area contributed by atoms with Crippen LogP contribution in [-0.2, 0) is 14.3 Å². The Morgan fingerprint density at radius 1 is 1.36 bits per heavy atom. The van der Waals surface area contributed by atoms with Gasteiger partial charge in [-0.1, -0.05) is 6.07 Å². The van der Waals surface area contributed by atoms with Gasteiger partial charge in [-0.3, -0.25) is 4.79 Å². The van der Waals surface area contributed by atoms with Gasteiger partial charge in [-0.25, -0.2) is 9.78 Å². The van der Waals surface area contributed by atoms with Crippen LogP contribution in [0.3, 0.4) is 0 Å². The highest BCUT2D eigenvalue weighted by molar-refractivity contribution is 7.22. The quantitative estimate of drug-likeness (QED) is 0.532. The maximum atomic E-state index is 12.2. The smallest absolute Gasteiger partial charge is 0.350 e. The molecule has 0 spiro atoms. The maximum Gasteiger partial charge on any atom is 0.350 e. The number of hydrogen-bond donors (Lipinski definition) is 1. The molecule has 0 radical (unpaired) electrons. The highest BCUT2D eigenvalue weighted by Gasteiger charge is 2.18. The highest BCUT2D eigenvalue weighted by atomic mass is 32.1.